The van der Waals surface area contributed by atoms with Gasteiger partial charge in [0.15, 0.2) is 5.82 Å². The summed E-state index contributed by atoms with van der Waals surface area (Å²) >= 11 is 0. The van der Waals surface area contributed by atoms with Crippen molar-refractivity contribution in [2.45, 2.75) is 5.41 Å². The zero-order valence-electron chi connectivity index (χ0n) is 34.2. The molecule has 0 fully saturated rings. The molecule has 2 aliphatic rings. The molecule has 0 aliphatic heterocycles. The third-order valence-corrected chi connectivity index (χ3v) is 12.9. The molecule has 12 rings (SSSR count). The van der Waals surface area contributed by atoms with Gasteiger partial charge in [-0.1, -0.05) is 176 Å². The number of rotatable bonds is 6. The van der Waals surface area contributed by atoms with Crippen molar-refractivity contribution in [3.63, 3.8) is 0 Å². The fraction of sp³-hybridized carbons (Fsp3) is 0.0167. The van der Waals surface area contributed by atoms with E-state index < -0.39 is 5.41 Å². The predicted molar refractivity (Wildman–Crippen MR) is 256 cm³/mol. The first-order valence-corrected chi connectivity index (χ1v) is 21.4. The molecule has 1 heterocycles. The van der Waals surface area contributed by atoms with Crippen molar-refractivity contribution in [3.8, 4) is 95.6 Å². The molecule has 292 valence electrons. The van der Waals surface area contributed by atoms with Crippen LogP contribution in [0.3, 0.4) is 0 Å². The molecule has 0 N–H and O–H groups in total. The minimum absolute atomic E-state index is 0.522. The van der Waals surface area contributed by atoms with Crippen LogP contribution in [0.4, 0.5) is 0 Å². The van der Waals surface area contributed by atoms with E-state index in [1.54, 1.807) is 0 Å². The van der Waals surface area contributed by atoms with Crippen LogP contribution in [0.1, 0.15) is 27.8 Å². The summed E-state index contributed by atoms with van der Waals surface area (Å²) in [6.07, 6.45) is 0. The average Bonchev–Trinajstić information content (AvgIpc) is 3.83. The standard InChI is InChI=1S/C60H37N3/c61-38-39-27-29-51-52-36-44(28-30-55(52)60(56(51)31-39)53-25-12-10-23-49(53)50-24-11-13-26-54(50)60)43-21-14-22-45(32-43)59-62-57(42-19-8-3-9-20-42)37-58(63-59)48-34-46(40-15-4-1-5-16-40)33-47(35-48)41-17-6-2-7-18-41/h1-37H. The third-order valence-electron chi connectivity index (χ3n) is 12.9. The molecule has 0 radical (unpaired) electrons. The number of aromatic nitrogens is 2. The molecule has 1 aromatic heterocycles. The molecule has 0 amide bonds. The lowest BCUT2D eigenvalue weighted by Gasteiger charge is -2.30. The molecule has 63 heavy (non-hydrogen) atoms. The fourth-order valence-corrected chi connectivity index (χ4v) is 10.1. The Morgan fingerprint density at radius 2 is 0.778 bits per heavy atom. The molecule has 1 spiro atoms. The van der Waals surface area contributed by atoms with Crippen LogP contribution < -0.4 is 0 Å². The second-order valence-electron chi connectivity index (χ2n) is 16.4. The molecular formula is C60H37N3. The number of hydrogen-bond acceptors (Lipinski definition) is 3. The van der Waals surface area contributed by atoms with Crippen LogP contribution in [0.5, 0.6) is 0 Å². The molecular weight excluding hydrogens is 763 g/mol. The maximum Gasteiger partial charge on any atom is 0.160 e. The zero-order valence-corrected chi connectivity index (χ0v) is 34.2. The van der Waals surface area contributed by atoms with E-state index in [9.17, 15) is 5.26 Å². The summed E-state index contributed by atoms with van der Waals surface area (Å²) in [5, 5.41) is 10.1. The highest BCUT2D eigenvalue weighted by Gasteiger charge is 2.51. The van der Waals surface area contributed by atoms with Gasteiger partial charge < -0.3 is 0 Å². The molecule has 0 bridgehead atoms. The van der Waals surface area contributed by atoms with Gasteiger partial charge in [0.2, 0.25) is 0 Å². The van der Waals surface area contributed by atoms with Crippen LogP contribution in [0, 0.1) is 11.3 Å². The maximum absolute atomic E-state index is 10.1. The van der Waals surface area contributed by atoms with E-state index in [0.29, 0.717) is 11.4 Å². The van der Waals surface area contributed by atoms with Gasteiger partial charge in [-0.25, -0.2) is 9.97 Å². The maximum atomic E-state index is 10.1. The van der Waals surface area contributed by atoms with E-state index >= 15 is 0 Å². The van der Waals surface area contributed by atoms with Gasteiger partial charge in [0.1, 0.15) is 0 Å². The molecule has 2 aliphatic carbocycles. The van der Waals surface area contributed by atoms with Crippen molar-refractivity contribution in [1.82, 2.24) is 9.97 Å². The Balaban J connectivity index is 1.01. The molecule has 0 saturated carbocycles. The number of nitriles is 1. The van der Waals surface area contributed by atoms with E-state index in [1.165, 1.54) is 33.4 Å². The van der Waals surface area contributed by atoms with Crippen molar-refractivity contribution in [2.24, 2.45) is 0 Å². The van der Waals surface area contributed by atoms with Crippen molar-refractivity contribution in [3.05, 3.63) is 252 Å². The quantitative estimate of drug-likeness (QED) is 0.168. The van der Waals surface area contributed by atoms with Crippen molar-refractivity contribution >= 4 is 0 Å². The lowest BCUT2D eigenvalue weighted by atomic mass is 9.70. The number of fused-ring (bicyclic) bond motifs is 10. The Morgan fingerprint density at radius 1 is 0.302 bits per heavy atom. The van der Waals surface area contributed by atoms with Gasteiger partial charge in [0.25, 0.3) is 0 Å². The van der Waals surface area contributed by atoms with Gasteiger partial charge in [-0.15, -0.1) is 0 Å². The Labute approximate surface area is 366 Å². The summed E-state index contributed by atoms with van der Waals surface area (Å²) in [6.45, 7) is 0. The SMILES string of the molecule is N#Cc1ccc2c(c1)C1(c3ccccc3-c3ccccc31)c1ccc(-c3cccc(-c4nc(-c5ccccc5)cc(-c5cc(-c6ccccc6)cc(-c6ccccc6)c5)n4)c3)cc1-2. The molecule has 9 aromatic carbocycles. The average molecular weight is 800 g/mol. The molecule has 3 heteroatoms. The smallest absolute Gasteiger partial charge is 0.160 e. The molecule has 0 saturated heterocycles. The zero-order chi connectivity index (χ0) is 41.9. The minimum atomic E-state index is -0.522. The van der Waals surface area contributed by atoms with Gasteiger partial charge in [0, 0.05) is 16.7 Å². The van der Waals surface area contributed by atoms with Gasteiger partial charge in [0.05, 0.1) is 28.4 Å². The number of nitrogens with zero attached hydrogens (tertiary/aromatic N) is 3. The van der Waals surface area contributed by atoms with Gasteiger partial charge in [-0.2, -0.15) is 5.26 Å². The lowest BCUT2D eigenvalue weighted by molar-refractivity contribution is 0.793. The van der Waals surface area contributed by atoms with Crippen LogP contribution in [0.25, 0.3) is 89.5 Å². The lowest BCUT2D eigenvalue weighted by Crippen LogP contribution is -2.25. The van der Waals surface area contributed by atoms with E-state index in [1.807, 2.05) is 12.1 Å². The second kappa shape index (κ2) is 14.6. The summed E-state index contributed by atoms with van der Waals surface area (Å²) in [4.78, 5) is 10.6. The fourth-order valence-electron chi connectivity index (χ4n) is 10.1. The molecule has 0 atom stereocenters. The summed E-state index contributed by atoms with van der Waals surface area (Å²) in [5.74, 6) is 0.660. The Kier molecular flexibility index (Phi) is 8.45. The highest BCUT2D eigenvalue weighted by atomic mass is 14.9. The van der Waals surface area contributed by atoms with Gasteiger partial charge in [-0.05, 0) is 126 Å². The normalized spacial score (nSPS) is 12.6. The number of hydrogen-bond donors (Lipinski definition) is 0. The topological polar surface area (TPSA) is 49.6 Å². The van der Waals surface area contributed by atoms with E-state index in [-0.39, 0.29) is 0 Å². The van der Waals surface area contributed by atoms with Crippen LogP contribution >= 0.6 is 0 Å². The van der Waals surface area contributed by atoms with Gasteiger partial charge >= 0.3 is 0 Å². The summed E-state index contributed by atoms with van der Waals surface area (Å²) in [6, 6.07) is 82.0. The largest absolute Gasteiger partial charge is 0.228 e. The summed E-state index contributed by atoms with van der Waals surface area (Å²) < 4.78 is 0. The first kappa shape index (κ1) is 36.4. The predicted octanol–water partition coefficient (Wildman–Crippen LogP) is 14.7. The molecule has 3 nitrogen and oxygen atoms in total. The van der Waals surface area contributed by atoms with Crippen LogP contribution in [-0.4, -0.2) is 9.97 Å². The van der Waals surface area contributed by atoms with Crippen molar-refractivity contribution in [2.75, 3.05) is 0 Å². The molecule has 10 aromatic rings. The Bertz CT molecular complexity index is 3350. The summed E-state index contributed by atoms with van der Waals surface area (Å²) in [5.41, 5.74) is 21.3. The highest BCUT2D eigenvalue weighted by Crippen LogP contribution is 2.63. The number of benzene rings is 9. The van der Waals surface area contributed by atoms with Crippen molar-refractivity contribution in [1.29, 1.82) is 5.26 Å². The van der Waals surface area contributed by atoms with Crippen LogP contribution in [0.15, 0.2) is 224 Å². The highest BCUT2D eigenvalue weighted by molar-refractivity contribution is 5.96. The second-order valence-corrected chi connectivity index (χ2v) is 16.4. The first-order valence-electron chi connectivity index (χ1n) is 21.4. The van der Waals surface area contributed by atoms with Crippen LogP contribution in [-0.2, 0) is 5.41 Å². The van der Waals surface area contributed by atoms with Gasteiger partial charge in [-0.3, -0.25) is 0 Å². The Hall–Kier alpha value is -8.45. The monoisotopic (exact) mass is 799 g/mol. The first-order chi connectivity index (χ1) is 31.2. The van der Waals surface area contributed by atoms with E-state index in [0.717, 1.165) is 72.6 Å². The van der Waals surface area contributed by atoms with Crippen LogP contribution in [0.2, 0.25) is 0 Å². The summed E-state index contributed by atoms with van der Waals surface area (Å²) in [7, 11) is 0. The minimum Gasteiger partial charge on any atom is -0.228 e. The molecule has 0 unspecified atom stereocenters. The van der Waals surface area contributed by atoms with Crippen molar-refractivity contribution < 1.29 is 0 Å². The van der Waals surface area contributed by atoms with E-state index in [4.69, 9.17) is 9.97 Å². The third kappa shape index (κ3) is 5.88. The Morgan fingerprint density at radius 3 is 1.41 bits per heavy atom. The van der Waals surface area contributed by atoms with E-state index in [2.05, 4.69) is 218 Å².